The summed E-state index contributed by atoms with van der Waals surface area (Å²) in [7, 11) is 0. The molecule has 2 saturated heterocycles. The van der Waals surface area contributed by atoms with Crippen LogP contribution in [0.15, 0.2) is 23.1 Å². The molecule has 2 unspecified atom stereocenters. The summed E-state index contributed by atoms with van der Waals surface area (Å²) >= 11 is 0. The van der Waals surface area contributed by atoms with Gasteiger partial charge in [-0.2, -0.15) is 0 Å². The Morgan fingerprint density at radius 1 is 1.31 bits per heavy atom. The lowest BCUT2D eigenvalue weighted by molar-refractivity contribution is 0.0459. The fourth-order valence-electron chi connectivity index (χ4n) is 4.24. The molecule has 0 aliphatic carbocycles. The lowest BCUT2D eigenvalue weighted by Crippen LogP contribution is -2.55. The number of aryl methyl sites for hydroxylation is 1. The number of carboxylic acids is 1. The largest absolute Gasteiger partial charge is 0.477 e. The average molecular weight is 360 g/mol. The third-order valence-electron chi connectivity index (χ3n) is 5.48. The minimum Gasteiger partial charge on any atom is -0.477 e. The van der Waals surface area contributed by atoms with Gasteiger partial charge >= 0.3 is 5.97 Å². The molecule has 4 rings (SSSR count). The maximum absolute atomic E-state index is 15.0. The topological polar surface area (TPSA) is 71.8 Å². The summed E-state index contributed by atoms with van der Waals surface area (Å²) in [4.78, 5) is 25.9. The monoisotopic (exact) mass is 360 g/mol. The van der Waals surface area contributed by atoms with E-state index >= 15 is 0 Å². The van der Waals surface area contributed by atoms with Crippen LogP contribution >= 0.6 is 0 Å². The molecule has 7 heteroatoms. The number of ether oxygens (including phenoxy) is 1. The minimum atomic E-state index is -1.30. The zero-order valence-corrected chi connectivity index (χ0v) is 14.6. The van der Waals surface area contributed by atoms with E-state index in [4.69, 9.17) is 4.74 Å². The van der Waals surface area contributed by atoms with Crippen LogP contribution in [0, 0.1) is 5.82 Å². The van der Waals surface area contributed by atoms with Crippen LogP contribution in [0.5, 0.6) is 0 Å². The third kappa shape index (κ3) is 2.58. The first kappa shape index (κ1) is 17.0. The number of aromatic nitrogens is 1. The Bertz CT molecular complexity index is 917. The van der Waals surface area contributed by atoms with Crippen molar-refractivity contribution in [3.8, 4) is 0 Å². The van der Waals surface area contributed by atoms with Gasteiger partial charge in [-0.15, -0.1) is 0 Å². The summed E-state index contributed by atoms with van der Waals surface area (Å²) in [6, 6.07) is 3.15. The first-order valence-electron chi connectivity index (χ1n) is 8.97. The summed E-state index contributed by atoms with van der Waals surface area (Å²) in [5, 5.41) is 9.36. The molecule has 2 aliphatic heterocycles. The SMILES string of the molecule is CCn1cc(C(=O)O)c(=O)c2cc(F)c(N3C4CCCC3COC4)cc21. The smallest absolute Gasteiger partial charge is 0.341 e. The maximum Gasteiger partial charge on any atom is 0.341 e. The van der Waals surface area contributed by atoms with Crippen molar-refractivity contribution in [1.29, 1.82) is 0 Å². The second-order valence-corrected chi connectivity index (χ2v) is 6.97. The highest BCUT2D eigenvalue weighted by atomic mass is 19.1. The van der Waals surface area contributed by atoms with E-state index in [0.29, 0.717) is 31.0 Å². The van der Waals surface area contributed by atoms with E-state index in [0.717, 1.165) is 19.3 Å². The van der Waals surface area contributed by atoms with Crippen molar-refractivity contribution in [1.82, 2.24) is 4.57 Å². The van der Waals surface area contributed by atoms with Gasteiger partial charge in [0, 0.05) is 18.1 Å². The summed E-state index contributed by atoms with van der Waals surface area (Å²) in [6.07, 6.45) is 4.35. The number of aromatic carboxylic acids is 1. The summed E-state index contributed by atoms with van der Waals surface area (Å²) in [5.74, 6) is -1.79. The number of benzene rings is 1. The van der Waals surface area contributed by atoms with E-state index in [1.807, 2.05) is 6.92 Å². The van der Waals surface area contributed by atoms with Gasteiger partial charge < -0.3 is 19.3 Å². The fraction of sp³-hybridized carbons (Fsp3) is 0.474. The van der Waals surface area contributed by atoms with Gasteiger partial charge in [-0.25, -0.2) is 9.18 Å². The third-order valence-corrected chi connectivity index (χ3v) is 5.48. The number of carboxylic acid groups (broad SMARTS) is 1. The van der Waals surface area contributed by atoms with Crippen LogP contribution in [-0.4, -0.2) is 40.9 Å². The molecule has 6 nitrogen and oxygen atoms in total. The molecule has 0 spiro atoms. The van der Waals surface area contributed by atoms with Gasteiger partial charge in [0.15, 0.2) is 0 Å². The lowest BCUT2D eigenvalue weighted by Gasteiger charge is -2.47. The summed E-state index contributed by atoms with van der Waals surface area (Å²) in [6.45, 7) is 3.50. The van der Waals surface area contributed by atoms with E-state index in [2.05, 4.69) is 4.90 Å². The first-order chi connectivity index (χ1) is 12.5. The Morgan fingerprint density at radius 2 is 2.00 bits per heavy atom. The van der Waals surface area contributed by atoms with Gasteiger partial charge in [0.05, 0.1) is 36.5 Å². The molecule has 3 heterocycles. The molecule has 2 fully saturated rings. The molecule has 1 aromatic carbocycles. The molecule has 1 aromatic heterocycles. The second kappa shape index (κ2) is 6.39. The zero-order chi connectivity index (χ0) is 18.4. The molecule has 0 amide bonds. The molecule has 2 aromatic rings. The molecular weight excluding hydrogens is 339 g/mol. The van der Waals surface area contributed by atoms with Crippen LogP contribution in [-0.2, 0) is 11.3 Å². The van der Waals surface area contributed by atoms with E-state index < -0.39 is 17.2 Å². The number of nitrogens with zero attached hydrogens (tertiary/aromatic N) is 2. The Labute approximate surface area is 149 Å². The van der Waals surface area contributed by atoms with Crippen molar-refractivity contribution in [2.75, 3.05) is 18.1 Å². The second-order valence-electron chi connectivity index (χ2n) is 6.97. The number of piperidine rings is 1. The predicted octanol–water partition coefficient (Wildman–Crippen LogP) is 2.62. The molecular formula is C19H21FN2O4. The number of carbonyl (C=O) groups is 1. The van der Waals surface area contributed by atoms with Gasteiger partial charge in [-0.3, -0.25) is 4.79 Å². The van der Waals surface area contributed by atoms with Crippen molar-refractivity contribution >= 4 is 22.6 Å². The van der Waals surface area contributed by atoms with E-state index in [1.165, 1.54) is 12.3 Å². The first-order valence-corrected chi connectivity index (χ1v) is 8.97. The number of fused-ring (bicyclic) bond motifs is 3. The summed E-state index contributed by atoms with van der Waals surface area (Å²) < 4.78 is 22.3. The van der Waals surface area contributed by atoms with E-state index in [-0.39, 0.29) is 23.0 Å². The van der Waals surface area contributed by atoms with Gasteiger partial charge in [0.2, 0.25) is 5.43 Å². The van der Waals surface area contributed by atoms with Gasteiger partial charge in [-0.05, 0) is 38.3 Å². The Morgan fingerprint density at radius 3 is 2.62 bits per heavy atom. The average Bonchev–Trinajstić information content (AvgIpc) is 2.61. The van der Waals surface area contributed by atoms with E-state index in [9.17, 15) is 19.1 Å². The van der Waals surface area contributed by atoms with E-state index in [1.54, 1.807) is 10.6 Å². The zero-order valence-electron chi connectivity index (χ0n) is 14.6. The number of hydrogen-bond donors (Lipinski definition) is 1. The van der Waals surface area contributed by atoms with Crippen LogP contribution < -0.4 is 10.3 Å². The van der Waals surface area contributed by atoms with Crippen molar-refractivity contribution in [3.05, 3.63) is 39.9 Å². The van der Waals surface area contributed by atoms with Crippen molar-refractivity contribution in [2.45, 2.75) is 44.8 Å². The normalized spacial score (nSPS) is 22.6. The van der Waals surface area contributed by atoms with Crippen molar-refractivity contribution in [2.24, 2.45) is 0 Å². The molecule has 1 N–H and O–H groups in total. The van der Waals surface area contributed by atoms with Gasteiger partial charge in [0.25, 0.3) is 0 Å². The molecule has 26 heavy (non-hydrogen) atoms. The standard InChI is InChI=1S/C19H21FN2O4/c1-2-21-8-14(19(24)25)18(23)13-6-15(20)17(7-16(13)21)22-11-4-3-5-12(22)10-26-9-11/h6-8,11-12H,2-5,9-10H2,1H3,(H,24,25). The maximum atomic E-state index is 15.0. The highest BCUT2D eigenvalue weighted by molar-refractivity contribution is 5.93. The molecule has 2 aliphatic rings. The van der Waals surface area contributed by atoms with Crippen molar-refractivity contribution < 1.29 is 19.0 Å². The lowest BCUT2D eigenvalue weighted by atomic mass is 9.93. The number of anilines is 1. The molecule has 0 radical (unpaired) electrons. The number of rotatable bonds is 3. The Hall–Kier alpha value is -2.41. The molecule has 2 atom stereocenters. The minimum absolute atomic E-state index is 0.103. The number of hydrogen-bond acceptors (Lipinski definition) is 4. The van der Waals surface area contributed by atoms with Gasteiger partial charge in [0.1, 0.15) is 11.4 Å². The highest BCUT2D eigenvalue weighted by Crippen LogP contribution is 2.35. The van der Waals surface area contributed by atoms with Crippen molar-refractivity contribution in [3.63, 3.8) is 0 Å². The molecule has 2 bridgehead atoms. The van der Waals surface area contributed by atoms with Crippen LogP contribution in [0.2, 0.25) is 0 Å². The molecule has 0 saturated carbocycles. The van der Waals surface area contributed by atoms with Crippen LogP contribution in [0.1, 0.15) is 36.5 Å². The molecule has 138 valence electrons. The predicted molar refractivity (Wildman–Crippen MR) is 95.5 cm³/mol. The number of halogens is 1. The summed E-state index contributed by atoms with van der Waals surface area (Å²) in [5.41, 5.74) is 0.0446. The Kier molecular flexibility index (Phi) is 4.19. The van der Waals surface area contributed by atoms with Gasteiger partial charge in [-0.1, -0.05) is 0 Å². The highest BCUT2D eigenvalue weighted by Gasteiger charge is 2.36. The quantitative estimate of drug-likeness (QED) is 0.911. The number of morpholine rings is 1. The fourth-order valence-corrected chi connectivity index (χ4v) is 4.24. The van der Waals surface area contributed by atoms with Crippen LogP contribution in [0.25, 0.3) is 10.9 Å². The van der Waals surface area contributed by atoms with Crippen LogP contribution in [0.3, 0.4) is 0 Å². The Balaban J connectivity index is 1.93. The number of pyridine rings is 1. The van der Waals surface area contributed by atoms with Crippen LogP contribution in [0.4, 0.5) is 10.1 Å².